The molecule has 0 saturated carbocycles. The lowest BCUT2D eigenvalue weighted by Gasteiger charge is -2.02. The minimum absolute atomic E-state index is 0.719. The highest BCUT2D eigenvalue weighted by Gasteiger charge is 1.94. The van der Waals surface area contributed by atoms with E-state index in [2.05, 4.69) is 54.9 Å². The maximum atomic E-state index is 5.50. The highest BCUT2D eigenvalue weighted by atomic mass is 16.5. The smallest absolute Gasteiger partial charge is 0.137 e. The Hall–Kier alpha value is -2.27. The third-order valence-corrected chi connectivity index (χ3v) is 3.04. The highest BCUT2D eigenvalue weighted by molar-refractivity contribution is 5.41. The minimum atomic E-state index is 0.719. The third kappa shape index (κ3) is 4.96. The standard InChI is InChI=1S/C19H21NO/c1-3-5-16-6-8-17(9-7-16)10-11-18-12-13-19(15-20-18)21-14-4-2/h6-9,12-13,15H,3-5,14H2,1-2H3. The normalized spacial score (nSPS) is 9.81. The molecule has 0 fully saturated rings. The van der Waals surface area contributed by atoms with Gasteiger partial charge < -0.3 is 4.74 Å². The van der Waals surface area contributed by atoms with Crippen LogP contribution in [0.4, 0.5) is 0 Å². The fourth-order valence-corrected chi connectivity index (χ4v) is 1.94. The Kier molecular flexibility index (Phi) is 5.84. The summed E-state index contributed by atoms with van der Waals surface area (Å²) in [6.45, 7) is 4.99. The average molecular weight is 279 g/mol. The van der Waals surface area contributed by atoms with E-state index in [1.165, 1.54) is 12.0 Å². The van der Waals surface area contributed by atoms with Crippen LogP contribution in [0.15, 0.2) is 42.6 Å². The van der Waals surface area contributed by atoms with Crippen LogP contribution in [0.25, 0.3) is 0 Å². The second-order valence-corrected chi connectivity index (χ2v) is 4.92. The molecule has 2 nitrogen and oxygen atoms in total. The molecule has 0 aliphatic carbocycles. The van der Waals surface area contributed by atoms with E-state index in [-0.39, 0.29) is 0 Å². The summed E-state index contributed by atoms with van der Waals surface area (Å²) in [6.07, 6.45) is 5.01. The average Bonchev–Trinajstić information content (AvgIpc) is 2.53. The molecule has 1 aromatic carbocycles. The van der Waals surface area contributed by atoms with Crippen LogP contribution in [0.2, 0.25) is 0 Å². The van der Waals surface area contributed by atoms with Gasteiger partial charge in [-0.05, 0) is 48.6 Å². The number of ether oxygens (including phenoxy) is 1. The van der Waals surface area contributed by atoms with Gasteiger partial charge in [0.2, 0.25) is 0 Å². The van der Waals surface area contributed by atoms with Crippen molar-refractivity contribution in [2.24, 2.45) is 0 Å². The molecule has 0 spiro atoms. The first-order chi connectivity index (χ1) is 10.3. The van der Waals surface area contributed by atoms with E-state index < -0.39 is 0 Å². The monoisotopic (exact) mass is 279 g/mol. The number of hydrogen-bond donors (Lipinski definition) is 0. The maximum Gasteiger partial charge on any atom is 0.137 e. The van der Waals surface area contributed by atoms with Gasteiger partial charge in [0.05, 0.1) is 12.8 Å². The minimum Gasteiger partial charge on any atom is -0.492 e. The molecule has 21 heavy (non-hydrogen) atoms. The molecule has 1 heterocycles. The number of hydrogen-bond acceptors (Lipinski definition) is 2. The summed E-state index contributed by atoms with van der Waals surface area (Å²) >= 11 is 0. The van der Waals surface area contributed by atoms with E-state index in [0.717, 1.165) is 36.5 Å². The van der Waals surface area contributed by atoms with Crippen LogP contribution < -0.4 is 4.74 Å². The van der Waals surface area contributed by atoms with E-state index in [1.807, 2.05) is 12.1 Å². The van der Waals surface area contributed by atoms with Crippen molar-refractivity contribution in [1.82, 2.24) is 4.98 Å². The summed E-state index contributed by atoms with van der Waals surface area (Å²) in [4.78, 5) is 4.30. The van der Waals surface area contributed by atoms with Crippen LogP contribution in [0.3, 0.4) is 0 Å². The van der Waals surface area contributed by atoms with Crippen molar-refractivity contribution in [2.45, 2.75) is 33.1 Å². The van der Waals surface area contributed by atoms with Crippen molar-refractivity contribution in [3.05, 3.63) is 59.4 Å². The van der Waals surface area contributed by atoms with Crippen molar-refractivity contribution in [3.63, 3.8) is 0 Å². The molecule has 1 aromatic heterocycles. The van der Waals surface area contributed by atoms with E-state index in [0.29, 0.717) is 0 Å². The molecule has 0 radical (unpaired) electrons. The number of nitrogens with zero attached hydrogens (tertiary/aromatic N) is 1. The first-order valence-corrected chi connectivity index (χ1v) is 7.51. The molecule has 0 atom stereocenters. The van der Waals surface area contributed by atoms with Crippen LogP contribution in [0, 0.1) is 11.8 Å². The number of benzene rings is 1. The van der Waals surface area contributed by atoms with Crippen LogP contribution in [-0.4, -0.2) is 11.6 Å². The summed E-state index contributed by atoms with van der Waals surface area (Å²) < 4.78 is 5.50. The molecule has 0 aliphatic heterocycles. The van der Waals surface area contributed by atoms with E-state index in [1.54, 1.807) is 6.20 Å². The summed E-state index contributed by atoms with van der Waals surface area (Å²) in [7, 11) is 0. The van der Waals surface area contributed by atoms with Crippen molar-refractivity contribution in [1.29, 1.82) is 0 Å². The number of pyridine rings is 1. The largest absolute Gasteiger partial charge is 0.492 e. The number of aryl methyl sites for hydroxylation is 1. The van der Waals surface area contributed by atoms with E-state index in [9.17, 15) is 0 Å². The Morgan fingerprint density at radius 1 is 0.952 bits per heavy atom. The van der Waals surface area contributed by atoms with Crippen LogP contribution >= 0.6 is 0 Å². The lowest BCUT2D eigenvalue weighted by atomic mass is 10.1. The Balaban J connectivity index is 2.01. The summed E-state index contributed by atoms with van der Waals surface area (Å²) in [6, 6.07) is 12.2. The molecule has 0 saturated heterocycles. The molecule has 0 unspecified atom stereocenters. The van der Waals surface area contributed by atoms with Gasteiger partial charge in [-0.15, -0.1) is 0 Å². The Morgan fingerprint density at radius 3 is 2.38 bits per heavy atom. The number of rotatable bonds is 5. The van der Waals surface area contributed by atoms with Crippen LogP contribution in [-0.2, 0) is 6.42 Å². The van der Waals surface area contributed by atoms with E-state index >= 15 is 0 Å². The molecular weight excluding hydrogens is 258 g/mol. The third-order valence-electron chi connectivity index (χ3n) is 3.04. The SMILES string of the molecule is CCCOc1ccc(C#Cc2ccc(CCC)cc2)nc1. The molecule has 0 amide bonds. The predicted molar refractivity (Wildman–Crippen MR) is 86.4 cm³/mol. The highest BCUT2D eigenvalue weighted by Crippen LogP contribution is 2.09. The first kappa shape index (κ1) is 15.1. The molecular formula is C19H21NO. The first-order valence-electron chi connectivity index (χ1n) is 7.51. The molecule has 2 rings (SSSR count). The Morgan fingerprint density at radius 2 is 1.76 bits per heavy atom. The quantitative estimate of drug-likeness (QED) is 0.764. The maximum absolute atomic E-state index is 5.50. The molecule has 0 aliphatic rings. The van der Waals surface area contributed by atoms with Crippen LogP contribution in [0.1, 0.15) is 43.5 Å². The topological polar surface area (TPSA) is 22.1 Å². The van der Waals surface area contributed by atoms with Gasteiger partial charge in [0.15, 0.2) is 0 Å². The van der Waals surface area contributed by atoms with Gasteiger partial charge in [-0.25, -0.2) is 4.98 Å². The van der Waals surface area contributed by atoms with Gasteiger partial charge in [0.25, 0.3) is 0 Å². The van der Waals surface area contributed by atoms with Gasteiger partial charge in [0.1, 0.15) is 11.4 Å². The van der Waals surface area contributed by atoms with Gasteiger partial charge >= 0.3 is 0 Å². The van der Waals surface area contributed by atoms with Gasteiger partial charge in [0, 0.05) is 5.56 Å². The summed E-state index contributed by atoms with van der Waals surface area (Å²) in [5.41, 5.74) is 3.14. The molecule has 2 heteroatoms. The summed E-state index contributed by atoms with van der Waals surface area (Å²) in [5.74, 6) is 7.02. The lowest BCUT2D eigenvalue weighted by Crippen LogP contribution is -1.95. The molecule has 0 N–H and O–H groups in total. The Bertz CT molecular complexity index is 603. The lowest BCUT2D eigenvalue weighted by molar-refractivity contribution is 0.316. The van der Waals surface area contributed by atoms with Crippen molar-refractivity contribution in [3.8, 4) is 17.6 Å². The zero-order chi connectivity index (χ0) is 14.9. The van der Waals surface area contributed by atoms with Crippen molar-refractivity contribution >= 4 is 0 Å². The molecule has 0 bridgehead atoms. The Labute approximate surface area is 127 Å². The zero-order valence-electron chi connectivity index (χ0n) is 12.7. The van der Waals surface area contributed by atoms with E-state index in [4.69, 9.17) is 4.74 Å². The zero-order valence-corrected chi connectivity index (χ0v) is 12.7. The van der Waals surface area contributed by atoms with Crippen LogP contribution in [0.5, 0.6) is 5.75 Å². The summed E-state index contributed by atoms with van der Waals surface area (Å²) in [5, 5.41) is 0. The van der Waals surface area contributed by atoms with Gasteiger partial charge in [-0.2, -0.15) is 0 Å². The fourth-order valence-electron chi connectivity index (χ4n) is 1.94. The predicted octanol–water partition coefficient (Wildman–Crippen LogP) is 4.22. The molecule has 2 aromatic rings. The van der Waals surface area contributed by atoms with Gasteiger partial charge in [-0.3, -0.25) is 0 Å². The molecule has 108 valence electrons. The van der Waals surface area contributed by atoms with Crippen molar-refractivity contribution in [2.75, 3.05) is 6.61 Å². The van der Waals surface area contributed by atoms with Gasteiger partial charge in [-0.1, -0.05) is 38.3 Å². The second kappa shape index (κ2) is 8.11. The fraction of sp³-hybridized carbons (Fsp3) is 0.316. The number of aromatic nitrogens is 1. The second-order valence-electron chi connectivity index (χ2n) is 4.92. The van der Waals surface area contributed by atoms with Crippen molar-refractivity contribution < 1.29 is 4.74 Å².